The Kier molecular flexibility index (Phi) is 3.34. The molecule has 1 aliphatic heterocycles. The maximum Gasteiger partial charge on any atom is 0.239 e. The number of hydrogen-bond donors (Lipinski definition) is 3. The molecule has 1 fully saturated rings. The number of aromatic nitrogens is 2. The first kappa shape index (κ1) is 12.6. The van der Waals surface area contributed by atoms with E-state index in [2.05, 4.69) is 25.6 Å². The van der Waals surface area contributed by atoms with Crippen molar-refractivity contribution in [2.24, 2.45) is 5.84 Å². The average molecular weight is 272 g/mol. The number of anilines is 2. The summed E-state index contributed by atoms with van der Waals surface area (Å²) in [6, 6.07) is 7.77. The number of amides is 1. The molecule has 104 valence electrons. The van der Waals surface area contributed by atoms with Crippen molar-refractivity contribution >= 4 is 28.6 Å². The standard InChI is InChI=1S/C13H16N6O/c14-18-13-16-10-4-2-1-3-9(10)12(17-13)19-7-5-11(20)15-6-8-19/h1-4H,5-8,14H2,(H,15,20)(H,16,17,18). The first-order valence-electron chi connectivity index (χ1n) is 6.53. The van der Waals surface area contributed by atoms with Crippen LogP contribution in [-0.2, 0) is 4.79 Å². The monoisotopic (exact) mass is 272 g/mol. The van der Waals surface area contributed by atoms with Gasteiger partial charge in [-0.1, -0.05) is 12.1 Å². The number of hydrogen-bond acceptors (Lipinski definition) is 6. The fraction of sp³-hybridized carbons (Fsp3) is 0.308. The molecule has 0 spiro atoms. The Balaban J connectivity index is 2.06. The van der Waals surface area contributed by atoms with Gasteiger partial charge in [-0.2, -0.15) is 4.98 Å². The first-order chi connectivity index (χ1) is 9.78. The van der Waals surface area contributed by atoms with Crippen LogP contribution in [0.3, 0.4) is 0 Å². The van der Waals surface area contributed by atoms with E-state index in [0.717, 1.165) is 23.3 Å². The Morgan fingerprint density at radius 2 is 2.10 bits per heavy atom. The summed E-state index contributed by atoms with van der Waals surface area (Å²) in [4.78, 5) is 22.3. The lowest BCUT2D eigenvalue weighted by molar-refractivity contribution is -0.120. The van der Waals surface area contributed by atoms with Gasteiger partial charge in [0.1, 0.15) is 5.82 Å². The highest BCUT2D eigenvalue weighted by molar-refractivity contribution is 5.91. The third-order valence-electron chi connectivity index (χ3n) is 3.32. The van der Waals surface area contributed by atoms with Crippen molar-refractivity contribution in [1.82, 2.24) is 15.3 Å². The maximum atomic E-state index is 11.4. The minimum atomic E-state index is 0.0723. The summed E-state index contributed by atoms with van der Waals surface area (Å²) in [5, 5.41) is 3.82. The lowest BCUT2D eigenvalue weighted by atomic mass is 10.2. The van der Waals surface area contributed by atoms with E-state index >= 15 is 0 Å². The Morgan fingerprint density at radius 1 is 1.25 bits per heavy atom. The molecule has 0 aliphatic carbocycles. The molecule has 0 bridgehead atoms. The number of carbonyl (C=O) groups excluding carboxylic acids is 1. The average Bonchev–Trinajstić information content (AvgIpc) is 2.71. The van der Waals surface area contributed by atoms with Gasteiger partial charge in [-0.25, -0.2) is 10.8 Å². The number of nitrogens with two attached hydrogens (primary N) is 1. The molecule has 7 nitrogen and oxygen atoms in total. The van der Waals surface area contributed by atoms with E-state index in [4.69, 9.17) is 5.84 Å². The van der Waals surface area contributed by atoms with Gasteiger partial charge in [0.2, 0.25) is 11.9 Å². The number of carbonyl (C=O) groups is 1. The molecular weight excluding hydrogens is 256 g/mol. The van der Waals surface area contributed by atoms with Crippen LogP contribution < -0.4 is 21.5 Å². The fourth-order valence-corrected chi connectivity index (χ4v) is 2.34. The number of fused-ring (bicyclic) bond motifs is 1. The molecule has 0 saturated carbocycles. The number of para-hydroxylation sites is 1. The van der Waals surface area contributed by atoms with Crippen LogP contribution in [0.1, 0.15) is 6.42 Å². The predicted octanol–water partition coefficient (Wildman–Crippen LogP) is 0.242. The number of rotatable bonds is 2. The van der Waals surface area contributed by atoms with Crippen molar-refractivity contribution in [3.8, 4) is 0 Å². The van der Waals surface area contributed by atoms with Crippen molar-refractivity contribution in [3.05, 3.63) is 24.3 Å². The van der Waals surface area contributed by atoms with Gasteiger partial charge in [-0.3, -0.25) is 10.2 Å². The molecular formula is C13H16N6O. The van der Waals surface area contributed by atoms with E-state index in [1.807, 2.05) is 24.3 Å². The third-order valence-corrected chi connectivity index (χ3v) is 3.32. The van der Waals surface area contributed by atoms with Crippen LogP contribution in [0.4, 0.5) is 11.8 Å². The number of nitrogens with zero attached hydrogens (tertiary/aromatic N) is 3. The Morgan fingerprint density at radius 3 is 2.95 bits per heavy atom. The quantitative estimate of drug-likeness (QED) is 0.535. The highest BCUT2D eigenvalue weighted by Gasteiger charge is 2.18. The lowest BCUT2D eigenvalue weighted by Gasteiger charge is -2.22. The predicted molar refractivity (Wildman–Crippen MR) is 77.2 cm³/mol. The van der Waals surface area contributed by atoms with Crippen LogP contribution in [0.5, 0.6) is 0 Å². The molecule has 0 unspecified atom stereocenters. The van der Waals surface area contributed by atoms with E-state index in [1.165, 1.54) is 0 Å². The summed E-state index contributed by atoms with van der Waals surface area (Å²) in [6.45, 7) is 1.97. The van der Waals surface area contributed by atoms with Gasteiger partial charge in [0, 0.05) is 31.4 Å². The summed E-state index contributed by atoms with van der Waals surface area (Å²) >= 11 is 0. The van der Waals surface area contributed by atoms with Gasteiger partial charge in [-0.05, 0) is 12.1 Å². The Hall–Kier alpha value is -2.41. The van der Waals surface area contributed by atoms with Crippen molar-refractivity contribution < 1.29 is 4.79 Å². The fourth-order valence-electron chi connectivity index (χ4n) is 2.34. The maximum absolute atomic E-state index is 11.4. The van der Waals surface area contributed by atoms with Crippen molar-refractivity contribution in [1.29, 1.82) is 0 Å². The normalized spacial score (nSPS) is 15.8. The number of nitrogens with one attached hydrogen (secondary N) is 2. The minimum Gasteiger partial charge on any atom is -0.354 e. The molecule has 3 rings (SSSR count). The molecule has 7 heteroatoms. The number of nitrogen functional groups attached to an aromatic ring is 1. The zero-order valence-electron chi connectivity index (χ0n) is 11.0. The van der Waals surface area contributed by atoms with E-state index in [0.29, 0.717) is 25.5 Å². The number of hydrazine groups is 1. The first-order valence-corrected chi connectivity index (χ1v) is 6.53. The van der Waals surface area contributed by atoms with Gasteiger partial charge in [-0.15, -0.1) is 0 Å². The highest BCUT2D eigenvalue weighted by Crippen LogP contribution is 2.25. The molecule has 0 radical (unpaired) electrons. The molecule has 1 aromatic carbocycles. The largest absolute Gasteiger partial charge is 0.354 e. The van der Waals surface area contributed by atoms with Crippen LogP contribution in [0.2, 0.25) is 0 Å². The van der Waals surface area contributed by atoms with E-state index in [-0.39, 0.29) is 5.91 Å². The zero-order chi connectivity index (χ0) is 13.9. The van der Waals surface area contributed by atoms with Gasteiger partial charge < -0.3 is 10.2 Å². The summed E-state index contributed by atoms with van der Waals surface area (Å²) < 4.78 is 0. The molecule has 0 atom stereocenters. The van der Waals surface area contributed by atoms with E-state index in [1.54, 1.807) is 0 Å². The second kappa shape index (κ2) is 5.30. The summed E-state index contributed by atoms with van der Waals surface area (Å²) in [7, 11) is 0. The van der Waals surface area contributed by atoms with Gasteiger partial charge in [0.25, 0.3) is 0 Å². The smallest absolute Gasteiger partial charge is 0.239 e. The molecule has 2 aromatic rings. The zero-order valence-corrected chi connectivity index (χ0v) is 11.0. The topological polar surface area (TPSA) is 96.2 Å². The van der Waals surface area contributed by atoms with Crippen LogP contribution in [0.25, 0.3) is 10.9 Å². The SMILES string of the molecule is NNc1nc(N2CCNC(=O)CC2)c2ccccc2n1. The molecule has 2 heterocycles. The minimum absolute atomic E-state index is 0.0723. The Labute approximate surface area is 116 Å². The third kappa shape index (κ3) is 2.35. The van der Waals surface area contributed by atoms with Gasteiger partial charge >= 0.3 is 0 Å². The Bertz CT molecular complexity index is 644. The molecule has 1 amide bonds. The van der Waals surface area contributed by atoms with Crippen LogP contribution in [0.15, 0.2) is 24.3 Å². The second-order valence-electron chi connectivity index (χ2n) is 4.62. The number of benzene rings is 1. The summed E-state index contributed by atoms with van der Waals surface area (Å²) in [6.07, 6.45) is 0.462. The van der Waals surface area contributed by atoms with Crippen molar-refractivity contribution in [3.63, 3.8) is 0 Å². The second-order valence-corrected chi connectivity index (χ2v) is 4.62. The molecule has 1 aromatic heterocycles. The van der Waals surface area contributed by atoms with Crippen molar-refractivity contribution in [2.75, 3.05) is 30.0 Å². The summed E-state index contributed by atoms with van der Waals surface area (Å²) in [5.74, 6) is 6.69. The van der Waals surface area contributed by atoms with E-state index < -0.39 is 0 Å². The summed E-state index contributed by atoms with van der Waals surface area (Å²) in [5.41, 5.74) is 3.32. The van der Waals surface area contributed by atoms with Crippen LogP contribution >= 0.6 is 0 Å². The molecule has 1 saturated heterocycles. The highest BCUT2D eigenvalue weighted by atomic mass is 16.1. The molecule has 20 heavy (non-hydrogen) atoms. The lowest BCUT2D eigenvalue weighted by Crippen LogP contribution is -2.29. The van der Waals surface area contributed by atoms with Gasteiger partial charge in [0.05, 0.1) is 5.52 Å². The van der Waals surface area contributed by atoms with Gasteiger partial charge in [0.15, 0.2) is 0 Å². The van der Waals surface area contributed by atoms with Crippen molar-refractivity contribution in [2.45, 2.75) is 6.42 Å². The van der Waals surface area contributed by atoms with Crippen LogP contribution in [-0.4, -0.2) is 35.5 Å². The molecule has 1 aliphatic rings. The molecule has 4 N–H and O–H groups in total. The van der Waals surface area contributed by atoms with Crippen LogP contribution in [0, 0.1) is 0 Å². The van der Waals surface area contributed by atoms with E-state index in [9.17, 15) is 4.79 Å².